The molecule has 1 heterocycles. The highest BCUT2D eigenvalue weighted by molar-refractivity contribution is 5.62. The van der Waals surface area contributed by atoms with Crippen LogP contribution < -0.4 is 0 Å². The topological polar surface area (TPSA) is 12.9 Å². The Morgan fingerprint density at radius 3 is 1.92 bits per heavy atom. The van der Waals surface area contributed by atoms with Crippen molar-refractivity contribution in [1.82, 2.24) is 4.98 Å². The molecule has 62 valence electrons. The van der Waals surface area contributed by atoms with Crippen LogP contribution in [0.15, 0.2) is 48.8 Å². The zero-order chi connectivity index (χ0) is 9.10. The molecule has 1 heteroatoms. The predicted molar refractivity (Wildman–Crippen MR) is 53.1 cm³/mol. The lowest BCUT2D eigenvalue weighted by Gasteiger charge is -2.00. The molecule has 13 heavy (non-hydrogen) atoms. The summed E-state index contributed by atoms with van der Waals surface area (Å²) in [7, 11) is 0. The third-order valence-corrected chi connectivity index (χ3v) is 1.92. The summed E-state index contributed by atoms with van der Waals surface area (Å²) in [6.45, 7) is 5.59. The standard InChI is InChI=1S/C12H9N/c1-10-2-4-11(5-3-10)12-6-8-13-9-7-12/h1-9H. The van der Waals surface area contributed by atoms with Crippen LogP contribution in [0.4, 0.5) is 0 Å². The van der Waals surface area contributed by atoms with E-state index in [1.807, 2.05) is 36.4 Å². The molecule has 0 saturated heterocycles. The second-order valence-corrected chi connectivity index (χ2v) is 2.86. The molecule has 2 rings (SSSR count). The first-order valence-corrected chi connectivity index (χ1v) is 4.12. The van der Waals surface area contributed by atoms with Crippen molar-refractivity contribution in [3.05, 3.63) is 61.3 Å². The van der Waals surface area contributed by atoms with Crippen LogP contribution in [-0.2, 0) is 0 Å². The second-order valence-electron chi connectivity index (χ2n) is 2.86. The maximum absolute atomic E-state index is 5.59. The van der Waals surface area contributed by atoms with Gasteiger partial charge in [-0.15, -0.1) is 0 Å². The first-order chi connectivity index (χ1) is 6.36. The third kappa shape index (κ3) is 1.75. The molecule has 0 N–H and O–H groups in total. The summed E-state index contributed by atoms with van der Waals surface area (Å²) in [6.07, 6.45) is 3.57. The minimum atomic E-state index is 0.790. The molecule has 1 aromatic heterocycles. The number of hydrogen-bond acceptors (Lipinski definition) is 1. The van der Waals surface area contributed by atoms with Gasteiger partial charge in [-0.2, -0.15) is 0 Å². The molecule has 0 atom stereocenters. The Kier molecular flexibility index (Phi) is 2.09. The van der Waals surface area contributed by atoms with Crippen molar-refractivity contribution in [2.75, 3.05) is 0 Å². The molecule has 1 aromatic carbocycles. The number of pyridine rings is 1. The lowest BCUT2D eigenvalue weighted by molar-refractivity contribution is 1.33. The first kappa shape index (κ1) is 7.99. The van der Waals surface area contributed by atoms with Crippen LogP contribution in [0.2, 0.25) is 0 Å². The van der Waals surface area contributed by atoms with Crippen LogP contribution in [0, 0.1) is 6.92 Å². The molecule has 1 nitrogen and oxygen atoms in total. The van der Waals surface area contributed by atoms with E-state index in [9.17, 15) is 0 Å². The van der Waals surface area contributed by atoms with Gasteiger partial charge in [0.1, 0.15) is 0 Å². The average molecular weight is 167 g/mol. The number of hydrogen-bond donors (Lipinski definition) is 0. The molecule has 0 aliphatic carbocycles. The minimum absolute atomic E-state index is 0.790. The highest BCUT2D eigenvalue weighted by Gasteiger charge is 1.94. The van der Waals surface area contributed by atoms with Gasteiger partial charge in [-0.25, -0.2) is 0 Å². The van der Waals surface area contributed by atoms with Crippen molar-refractivity contribution in [2.24, 2.45) is 0 Å². The largest absolute Gasteiger partial charge is 0.265 e. The Morgan fingerprint density at radius 1 is 0.769 bits per heavy atom. The van der Waals surface area contributed by atoms with E-state index in [-0.39, 0.29) is 0 Å². The molecule has 0 amide bonds. The molecule has 0 unspecified atom stereocenters. The van der Waals surface area contributed by atoms with Crippen molar-refractivity contribution in [3.63, 3.8) is 0 Å². The van der Waals surface area contributed by atoms with Crippen LogP contribution in [0.25, 0.3) is 11.1 Å². The predicted octanol–water partition coefficient (Wildman–Crippen LogP) is 2.81. The van der Waals surface area contributed by atoms with Crippen molar-refractivity contribution in [1.29, 1.82) is 0 Å². The Hall–Kier alpha value is -1.63. The summed E-state index contributed by atoms with van der Waals surface area (Å²) in [5.41, 5.74) is 3.12. The lowest BCUT2D eigenvalue weighted by Crippen LogP contribution is -1.78. The van der Waals surface area contributed by atoms with Gasteiger partial charge in [-0.3, -0.25) is 4.98 Å². The van der Waals surface area contributed by atoms with E-state index < -0.39 is 0 Å². The summed E-state index contributed by atoms with van der Waals surface area (Å²) >= 11 is 0. The monoisotopic (exact) mass is 167 g/mol. The first-order valence-electron chi connectivity index (χ1n) is 4.12. The Labute approximate surface area is 78.1 Å². The van der Waals surface area contributed by atoms with E-state index in [4.69, 9.17) is 6.92 Å². The normalized spacial score (nSPS) is 9.92. The van der Waals surface area contributed by atoms with E-state index in [0.717, 1.165) is 16.7 Å². The summed E-state index contributed by atoms with van der Waals surface area (Å²) in [5.74, 6) is 0. The molecule has 0 aliphatic heterocycles. The van der Waals surface area contributed by atoms with Crippen molar-refractivity contribution in [2.45, 2.75) is 0 Å². The van der Waals surface area contributed by atoms with Crippen LogP contribution in [0.1, 0.15) is 5.56 Å². The average Bonchev–Trinajstić information content (AvgIpc) is 2.20. The fraction of sp³-hybridized carbons (Fsp3) is 0. The number of nitrogens with zero attached hydrogens (tertiary/aromatic N) is 1. The fourth-order valence-electron chi connectivity index (χ4n) is 1.22. The quantitative estimate of drug-likeness (QED) is 0.636. The molecular formula is C12H9N. The molecule has 0 fully saturated rings. The van der Waals surface area contributed by atoms with Gasteiger partial charge in [0.05, 0.1) is 0 Å². The van der Waals surface area contributed by atoms with Crippen LogP contribution >= 0.6 is 0 Å². The van der Waals surface area contributed by atoms with Gasteiger partial charge in [0.15, 0.2) is 0 Å². The Morgan fingerprint density at radius 2 is 1.31 bits per heavy atom. The van der Waals surface area contributed by atoms with Gasteiger partial charge in [-0.1, -0.05) is 24.3 Å². The smallest absolute Gasteiger partial charge is 0.0273 e. The SMILES string of the molecule is [CH]c1ccc(-c2ccncc2)cc1. The maximum Gasteiger partial charge on any atom is 0.0273 e. The summed E-state index contributed by atoms with van der Waals surface area (Å²) < 4.78 is 0. The van der Waals surface area contributed by atoms with Gasteiger partial charge < -0.3 is 0 Å². The highest BCUT2D eigenvalue weighted by Crippen LogP contribution is 2.17. The molecule has 0 bridgehead atoms. The molecule has 0 aliphatic rings. The number of benzene rings is 1. The summed E-state index contributed by atoms with van der Waals surface area (Å²) in [5, 5.41) is 0. The zero-order valence-corrected chi connectivity index (χ0v) is 7.14. The Balaban J connectivity index is 2.42. The van der Waals surface area contributed by atoms with Crippen molar-refractivity contribution in [3.8, 4) is 11.1 Å². The summed E-state index contributed by atoms with van der Waals surface area (Å²) in [6, 6.07) is 11.8. The molecule has 0 spiro atoms. The van der Waals surface area contributed by atoms with Gasteiger partial charge in [0.2, 0.25) is 0 Å². The zero-order valence-electron chi connectivity index (χ0n) is 7.14. The molecule has 2 radical (unpaired) electrons. The van der Waals surface area contributed by atoms with Gasteiger partial charge in [-0.05, 0) is 35.7 Å². The van der Waals surface area contributed by atoms with E-state index in [1.165, 1.54) is 0 Å². The number of aromatic nitrogens is 1. The van der Waals surface area contributed by atoms with Crippen LogP contribution in [-0.4, -0.2) is 4.98 Å². The third-order valence-electron chi connectivity index (χ3n) is 1.92. The van der Waals surface area contributed by atoms with Gasteiger partial charge in [0, 0.05) is 12.4 Å². The van der Waals surface area contributed by atoms with E-state index in [0.29, 0.717) is 0 Å². The molecule has 0 saturated carbocycles. The van der Waals surface area contributed by atoms with Crippen molar-refractivity contribution < 1.29 is 0 Å². The lowest BCUT2D eigenvalue weighted by atomic mass is 10.1. The minimum Gasteiger partial charge on any atom is -0.265 e. The van der Waals surface area contributed by atoms with Crippen LogP contribution in [0.5, 0.6) is 0 Å². The molecular weight excluding hydrogens is 158 g/mol. The second kappa shape index (κ2) is 3.40. The van der Waals surface area contributed by atoms with Gasteiger partial charge in [0.25, 0.3) is 0 Å². The Bertz CT molecular complexity index is 376. The van der Waals surface area contributed by atoms with E-state index >= 15 is 0 Å². The van der Waals surface area contributed by atoms with Gasteiger partial charge >= 0.3 is 0 Å². The van der Waals surface area contributed by atoms with Crippen LogP contribution in [0.3, 0.4) is 0 Å². The number of rotatable bonds is 1. The fourth-order valence-corrected chi connectivity index (χ4v) is 1.22. The summed E-state index contributed by atoms with van der Waals surface area (Å²) in [4.78, 5) is 3.96. The highest BCUT2D eigenvalue weighted by atomic mass is 14.6. The molecule has 2 aromatic rings. The van der Waals surface area contributed by atoms with E-state index in [2.05, 4.69) is 4.98 Å². The van der Waals surface area contributed by atoms with Crippen molar-refractivity contribution >= 4 is 0 Å². The van der Waals surface area contributed by atoms with E-state index in [1.54, 1.807) is 12.4 Å². The maximum atomic E-state index is 5.59.